The van der Waals surface area contributed by atoms with Gasteiger partial charge in [0.15, 0.2) is 0 Å². The van der Waals surface area contributed by atoms with Crippen molar-refractivity contribution in [3.8, 4) is 0 Å². The predicted octanol–water partition coefficient (Wildman–Crippen LogP) is 0.990. The number of non-ortho nitro benzene ring substituents is 1. The van der Waals surface area contributed by atoms with Crippen molar-refractivity contribution in [1.29, 1.82) is 0 Å². The van der Waals surface area contributed by atoms with Crippen LogP contribution in [0, 0.1) is 10.1 Å². The van der Waals surface area contributed by atoms with Crippen LogP contribution in [-0.2, 0) is 0 Å². The molecular formula is C15H10N6O4. The fraction of sp³-hybridized carbons (Fsp3) is 0. The molecule has 2 heterocycles. The number of carbonyl (C=O) groups excluding carboxylic acids is 1. The molecule has 2 aromatic heterocycles. The van der Waals surface area contributed by atoms with Crippen LogP contribution in [0.4, 0.5) is 5.69 Å². The Morgan fingerprint density at radius 3 is 2.92 bits per heavy atom. The second-order valence-electron chi connectivity index (χ2n) is 4.86. The summed E-state index contributed by atoms with van der Waals surface area (Å²) in [5.41, 5.74) is 2.17. The van der Waals surface area contributed by atoms with Gasteiger partial charge in [-0.1, -0.05) is 6.07 Å². The van der Waals surface area contributed by atoms with Crippen LogP contribution in [0.3, 0.4) is 0 Å². The molecule has 0 saturated heterocycles. The Labute approximate surface area is 139 Å². The summed E-state index contributed by atoms with van der Waals surface area (Å²) in [5, 5.41) is 14.5. The SMILES string of the molecule is O=C(N/N=C\c1cccnc1)c1nc2ccc([N+](=O)[O-])cc2c(=O)[nH]1. The molecule has 0 aliphatic heterocycles. The van der Waals surface area contributed by atoms with E-state index in [9.17, 15) is 19.7 Å². The molecule has 2 N–H and O–H groups in total. The van der Waals surface area contributed by atoms with Gasteiger partial charge in [-0.05, 0) is 12.1 Å². The van der Waals surface area contributed by atoms with E-state index in [1.165, 1.54) is 18.3 Å². The summed E-state index contributed by atoms with van der Waals surface area (Å²) in [5.74, 6) is -0.979. The molecule has 124 valence electrons. The highest BCUT2D eigenvalue weighted by Gasteiger charge is 2.14. The molecule has 10 nitrogen and oxygen atoms in total. The first-order valence-electron chi connectivity index (χ1n) is 6.96. The Balaban J connectivity index is 1.85. The van der Waals surface area contributed by atoms with Crippen molar-refractivity contribution in [3.05, 3.63) is 74.6 Å². The largest absolute Gasteiger partial charge is 0.307 e. The zero-order chi connectivity index (χ0) is 17.8. The Morgan fingerprint density at radius 2 is 2.20 bits per heavy atom. The molecule has 0 bridgehead atoms. The Hall–Kier alpha value is -3.95. The third-order valence-corrected chi connectivity index (χ3v) is 3.18. The van der Waals surface area contributed by atoms with E-state index in [1.54, 1.807) is 24.5 Å². The molecular weight excluding hydrogens is 328 g/mol. The molecule has 1 aromatic carbocycles. The minimum absolute atomic E-state index is 0.0182. The number of hydrazone groups is 1. The number of benzene rings is 1. The van der Waals surface area contributed by atoms with Gasteiger partial charge < -0.3 is 4.98 Å². The molecule has 3 rings (SSSR count). The minimum Gasteiger partial charge on any atom is -0.302 e. The standard InChI is InChI=1S/C15H10N6O4/c22-14-11-6-10(21(24)25)3-4-12(11)18-13(19-14)15(23)20-17-8-9-2-1-5-16-7-9/h1-8H,(H,20,23)(H,18,19,22)/b17-8-. The fourth-order valence-corrected chi connectivity index (χ4v) is 2.02. The summed E-state index contributed by atoms with van der Waals surface area (Å²) in [7, 11) is 0. The maximum Gasteiger partial charge on any atom is 0.307 e. The molecule has 25 heavy (non-hydrogen) atoms. The lowest BCUT2D eigenvalue weighted by Crippen LogP contribution is -2.24. The zero-order valence-electron chi connectivity index (χ0n) is 12.5. The normalized spacial score (nSPS) is 10.9. The van der Waals surface area contributed by atoms with Crippen LogP contribution >= 0.6 is 0 Å². The number of nitrogens with zero attached hydrogens (tertiary/aromatic N) is 4. The number of aromatic amines is 1. The highest BCUT2D eigenvalue weighted by Crippen LogP contribution is 2.16. The molecule has 0 atom stereocenters. The first kappa shape index (κ1) is 15.9. The van der Waals surface area contributed by atoms with Gasteiger partial charge >= 0.3 is 5.91 Å². The second-order valence-corrected chi connectivity index (χ2v) is 4.86. The van der Waals surface area contributed by atoms with Crippen LogP contribution in [0.25, 0.3) is 10.9 Å². The van der Waals surface area contributed by atoms with E-state index in [0.717, 1.165) is 6.07 Å². The van der Waals surface area contributed by atoms with E-state index in [4.69, 9.17) is 0 Å². The number of carbonyl (C=O) groups is 1. The van der Waals surface area contributed by atoms with Crippen LogP contribution in [0.15, 0.2) is 52.6 Å². The predicted molar refractivity (Wildman–Crippen MR) is 88.3 cm³/mol. The van der Waals surface area contributed by atoms with Crippen LogP contribution in [0.2, 0.25) is 0 Å². The maximum atomic E-state index is 12.0. The van der Waals surface area contributed by atoms with E-state index in [-0.39, 0.29) is 22.4 Å². The van der Waals surface area contributed by atoms with Crippen molar-refractivity contribution >= 4 is 28.7 Å². The molecule has 0 radical (unpaired) electrons. The van der Waals surface area contributed by atoms with Crippen molar-refractivity contribution in [2.45, 2.75) is 0 Å². The van der Waals surface area contributed by atoms with Gasteiger partial charge in [-0.3, -0.25) is 24.7 Å². The number of hydrogen-bond acceptors (Lipinski definition) is 7. The Kier molecular flexibility index (Phi) is 4.24. The first-order chi connectivity index (χ1) is 12.0. The quantitative estimate of drug-likeness (QED) is 0.412. The topological polar surface area (TPSA) is 143 Å². The Morgan fingerprint density at radius 1 is 1.36 bits per heavy atom. The molecule has 0 fully saturated rings. The summed E-state index contributed by atoms with van der Waals surface area (Å²) in [6.45, 7) is 0. The lowest BCUT2D eigenvalue weighted by Gasteiger charge is -2.02. The molecule has 0 aliphatic rings. The summed E-state index contributed by atoms with van der Waals surface area (Å²) >= 11 is 0. The van der Waals surface area contributed by atoms with Gasteiger partial charge in [0.2, 0.25) is 5.82 Å². The Bertz CT molecular complexity index is 1040. The summed E-state index contributed by atoms with van der Waals surface area (Å²) in [6, 6.07) is 7.06. The van der Waals surface area contributed by atoms with Crippen molar-refractivity contribution in [2.24, 2.45) is 5.10 Å². The summed E-state index contributed by atoms with van der Waals surface area (Å²) in [4.78, 5) is 44.3. The lowest BCUT2D eigenvalue weighted by molar-refractivity contribution is -0.384. The number of aromatic nitrogens is 3. The van der Waals surface area contributed by atoms with Crippen molar-refractivity contribution in [3.63, 3.8) is 0 Å². The van der Waals surface area contributed by atoms with Crippen molar-refractivity contribution in [1.82, 2.24) is 20.4 Å². The van der Waals surface area contributed by atoms with Gasteiger partial charge in [-0.15, -0.1) is 0 Å². The van der Waals surface area contributed by atoms with Crippen LogP contribution in [0.1, 0.15) is 16.2 Å². The third-order valence-electron chi connectivity index (χ3n) is 3.18. The number of nitro benzene ring substituents is 1. The van der Waals surface area contributed by atoms with E-state index in [2.05, 4.69) is 25.5 Å². The van der Waals surface area contributed by atoms with E-state index in [0.29, 0.717) is 5.56 Å². The number of nitrogens with one attached hydrogen (secondary N) is 2. The molecule has 0 unspecified atom stereocenters. The number of hydrogen-bond donors (Lipinski definition) is 2. The number of rotatable bonds is 4. The maximum absolute atomic E-state index is 12.0. The number of fused-ring (bicyclic) bond motifs is 1. The molecule has 10 heteroatoms. The van der Waals surface area contributed by atoms with Crippen LogP contribution in [-0.4, -0.2) is 32.0 Å². The van der Waals surface area contributed by atoms with Crippen molar-refractivity contribution < 1.29 is 9.72 Å². The average molecular weight is 338 g/mol. The second kappa shape index (κ2) is 6.66. The highest BCUT2D eigenvalue weighted by atomic mass is 16.6. The van der Waals surface area contributed by atoms with E-state index >= 15 is 0 Å². The monoisotopic (exact) mass is 338 g/mol. The van der Waals surface area contributed by atoms with Gasteiger partial charge in [0, 0.05) is 30.1 Å². The molecule has 0 aliphatic carbocycles. The van der Waals surface area contributed by atoms with Gasteiger partial charge in [0.1, 0.15) is 0 Å². The summed E-state index contributed by atoms with van der Waals surface area (Å²) < 4.78 is 0. The number of amides is 1. The van der Waals surface area contributed by atoms with E-state index < -0.39 is 16.4 Å². The first-order valence-corrected chi connectivity index (χ1v) is 6.96. The van der Waals surface area contributed by atoms with Gasteiger partial charge in [0.25, 0.3) is 11.2 Å². The summed E-state index contributed by atoms with van der Waals surface area (Å²) in [6.07, 6.45) is 4.54. The molecule has 3 aromatic rings. The lowest BCUT2D eigenvalue weighted by atomic mass is 10.2. The van der Waals surface area contributed by atoms with Gasteiger partial charge in [0.05, 0.1) is 22.0 Å². The van der Waals surface area contributed by atoms with E-state index in [1.807, 2.05) is 0 Å². The number of nitro groups is 1. The van der Waals surface area contributed by atoms with Crippen molar-refractivity contribution in [2.75, 3.05) is 0 Å². The third kappa shape index (κ3) is 3.52. The number of H-pyrrole nitrogens is 1. The number of pyridine rings is 1. The van der Waals surface area contributed by atoms with Gasteiger partial charge in [-0.25, -0.2) is 10.4 Å². The molecule has 0 spiro atoms. The zero-order valence-corrected chi connectivity index (χ0v) is 12.5. The molecule has 1 amide bonds. The average Bonchev–Trinajstić information content (AvgIpc) is 2.62. The highest BCUT2D eigenvalue weighted by molar-refractivity contribution is 5.93. The van der Waals surface area contributed by atoms with Gasteiger partial charge in [-0.2, -0.15) is 5.10 Å². The fourth-order valence-electron chi connectivity index (χ4n) is 2.02. The van der Waals surface area contributed by atoms with Crippen LogP contribution in [0.5, 0.6) is 0 Å². The smallest absolute Gasteiger partial charge is 0.302 e. The molecule has 0 saturated carbocycles. The van der Waals surface area contributed by atoms with Crippen LogP contribution < -0.4 is 11.0 Å². The minimum atomic E-state index is -0.725.